The molecule has 2 heterocycles. The molecule has 5 aromatic rings. The molecule has 3 aromatic carbocycles. The second-order valence-corrected chi connectivity index (χ2v) is 9.13. The van der Waals surface area contributed by atoms with Crippen LogP contribution in [0.1, 0.15) is 44.2 Å². The Kier molecular flexibility index (Phi) is 14.4. The fourth-order valence-corrected chi connectivity index (χ4v) is 3.78. The molecule has 1 saturated carbocycles. The van der Waals surface area contributed by atoms with Crippen molar-refractivity contribution in [3.8, 4) is 17.0 Å². The Hall–Kier alpha value is -3.49. The number of nitrogens with one attached hydrogen (secondary N) is 3. The molecule has 42 heavy (non-hydrogen) atoms. The number of aromatic nitrogens is 3. The number of carbonyl (C=O) groups is 1. The molecular formula is C33H38N6O2Pr-2. The quantitative estimate of drug-likeness (QED) is 0.143. The van der Waals surface area contributed by atoms with Gasteiger partial charge in [0.25, 0.3) is 0 Å². The van der Waals surface area contributed by atoms with Crippen LogP contribution < -0.4 is 16.1 Å². The molecule has 0 spiro atoms. The van der Waals surface area contributed by atoms with E-state index in [0.717, 1.165) is 16.8 Å². The van der Waals surface area contributed by atoms with Gasteiger partial charge in [0, 0.05) is 64.3 Å². The summed E-state index contributed by atoms with van der Waals surface area (Å²) in [6, 6.07) is 26.8. The first kappa shape index (κ1) is 34.7. The Morgan fingerprint density at radius 2 is 1.64 bits per heavy atom. The maximum Gasteiger partial charge on any atom is 0.323 e. The molecule has 6 rings (SSSR count). The van der Waals surface area contributed by atoms with Gasteiger partial charge in [-0.2, -0.15) is 0 Å². The molecule has 2 amide bonds. The van der Waals surface area contributed by atoms with Gasteiger partial charge in [0.05, 0.1) is 12.2 Å². The van der Waals surface area contributed by atoms with Gasteiger partial charge < -0.3 is 34.2 Å². The molecule has 1 aliphatic carbocycles. The van der Waals surface area contributed by atoms with Crippen molar-refractivity contribution >= 4 is 23.1 Å². The first-order valence-corrected chi connectivity index (χ1v) is 13.6. The number of hydrogen-bond acceptors (Lipinski definition) is 4. The fraction of sp³-hybridized carbons (Fsp3) is 0.212. The van der Waals surface area contributed by atoms with Crippen molar-refractivity contribution in [1.29, 1.82) is 0 Å². The van der Waals surface area contributed by atoms with E-state index in [1.165, 1.54) is 19.3 Å². The molecule has 1 radical (unpaired) electrons. The fourth-order valence-electron chi connectivity index (χ4n) is 3.78. The number of fused-ring (bicyclic) bond motifs is 1. The zero-order chi connectivity index (χ0) is 28.3. The van der Waals surface area contributed by atoms with Crippen LogP contribution in [0.3, 0.4) is 0 Å². The summed E-state index contributed by atoms with van der Waals surface area (Å²) in [7, 11) is 0. The first-order valence-electron chi connectivity index (χ1n) is 13.6. The molecular weight excluding hydrogens is 653 g/mol. The van der Waals surface area contributed by atoms with Crippen molar-refractivity contribution in [1.82, 2.24) is 14.6 Å². The summed E-state index contributed by atoms with van der Waals surface area (Å²) in [5, 5.41) is 20.3. The van der Waals surface area contributed by atoms with Gasteiger partial charge in [-0.3, -0.25) is 4.99 Å². The number of phenolic OH excluding ortho intramolecular Hbond substituents is 1. The Labute approximate surface area is 281 Å². The van der Waals surface area contributed by atoms with Gasteiger partial charge >= 0.3 is 6.03 Å². The summed E-state index contributed by atoms with van der Waals surface area (Å²) in [6.45, 7) is 6.34. The number of nitrogens with zero attached hydrogens (tertiary/aromatic N) is 3. The van der Waals surface area contributed by atoms with Crippen molar-refractivity contribution < 1.29 is 51.2 Å². The monoisotopic (exact) mass is 691 g/mol. The van der Waals surface area contributed by atoms with Crippen molar-refractivity contribution in [2.24, 2.45) is 4.99 Å². The van der Waals surface area contributed by atoms with E-state index >= 15 is 0 Å². The maximum atomic E-state index is 12.4. The molecule has 0 saturated heterocycles. The predicted octanol–water partition coefficient (Wildman–Crippen LogP) is 7.54. The second-order valence-electron chi connectivity index (χ2n) is 9.13. The normalized spacial score (nSPS) is 11.5. The molecule has 2 aromatic heterocycles. The van der Waals surface area contributed by atoms with Gasteiger partial charge in [-0.1, -0.05) is 69.5 Å². The van der Waals surface area contributed by atoms with E-state index in [2.05, 4.69) is 26.8 Å². The smallest absolute Gasteiger partial charge is 0.323 e. The van der Waals surface area contributed by atoms with Crippen molar-refractivity contribution in [3.63, 3.8) is 0 Å². The summed E-state index contributed by atoms with van der Waals surface area (Å²) in [6.07, 6.45) is 6.07. The predicted molar refractivity (Wildman–Crippen MR) is 167 cm³/mol. The van der Waals surface area contributed by atoms with E-state index < -0.39 is 0 Å². The summed E-state index contributed by atoms with van der Waals surface area (Å²) < 4.78 is 1.65. The SMILES string of the molecule is C1CC1.CC.Cc1cccc(NC(=O)Nc2cccc(CN=c3cc(-c4ccccc4O)[nH]c4[c-]cnn34)c2)c1.[CH3-].[Pr]. The minimum Gasteiger partial charge on any atom is -0.507 e. The van der Waals surface area contributed by atoms with Crippen LogP contribution in [0.15, 0.2) is 90.1 Å². The number of hydrogen-bond donors (Lipinski definition) is 4. The van der Waals surface area contributed by atoms with E-state index in [4.69, 9.17) is 4.99 Å². The number of aromatic amines is 1. The Morgan fingerprint density at radius 1 is 0.976 bits per heavy atom. The molecule has 1 aliphatic rings. The topological polar surface area (TPSA) is 107 Å². The molecule has 1 fully saturated rings. The number of carbonyl (C=O) groups excluding carboxylic acids is 1. The van der Waals surface area contributed by atoms with Crippen LogP contribution in [-0.2, 0) is 6.54 Å². The molecule has 0 aliphatic heterocycles. The van der Waals surface area contributed by atoms with Crippen molar-refractivity contribution in [3.05, 3.63) is 115 Å². The van der Waals surface area contributed by atoms with E-state index in [1.54, 1.807) is 22.8 Å². The minimum absolute atomic E-state index is 0. The van der Waals surface area contributed by atoms with E-state index in [9.17, 15) is 9.90 Å². The number of aryl methyl sites for hydroxylation is 1. The second kappa shape index (κ2) is 17.5. The van der Waals surface area contributed by atoms with Crippen molar-refractivity contribution in [2.75, 3.05) is 10.6 Å². The summed E-state index contributed by atoms with van der Waals surface area (Å²) in [5.74, 6) is 0.168. The third kappa shape index (κ3) is 10.1. The van der Waals surface area contributed by atoms with Crippen LogP contribution >= 0.6 is 0 Å². The zero-order valence-electron chi connectivity index (χ0n) is 24.7. The third-order valence-electron chi connectivity index (χ3n) is 5.76. The Bertz CT molecular complexity index is 1640. The third-order valence-corrected chi connectivity index (χ3v) is 5.76. The van der Waals surface area contributed by atoms with Gasteiger partial charge in [-0.05, 0) is 60.1 Å². The number of phenols is 1. The maximum absolute atomic E-state index is 12.4. The van der Waals surface area contributed by atoms with Crippen LogP contribution in [0.25, 0.3) is 16.9 Å². The number of benzene rings is 3. The van der Waals surface area contributed by atoms with Gasteiger partial charge in [0.15, 0.2) is 0 Å². The van der Waals surface area contributed by atoms with Crippen LogP contribution in [0, 0.1) is 61.7 Å². The van der Waals surface area contributed by atoms with E-state index in [1.807, 2.05) is 87.5 Å². The summed E-state index contributed by atoms with van der Waals surface area (Å²) in [4.78, 5) is 20.4. The molecule has 8 nitrogen and oxygen atoms in total. The number of aromatic hydroxyl groups is 1. The molecule has 0 atom stereocenters. The minimum atomic E-state index is -0.315. The van der Waals surface area contributed by atoms with E-state index in [-0.39, 0.29) is 60.5 Å². The molecule has 9 heteroatoms. The molecule has 0 bridgehead atoms. The average molecular weight is 692 g/mol. The number of anilines is 2. The first-order chi connectivity index (χ1) is 19.5. The Balaban J connectivity index is 0.000000813. The number of H-pyrrole nitrogens is 1. The van der Waals surface area contributed by atoms with Crippen LogP contribution in [0.5, 0.6) is 5.75 Å². The average Bonchev–Trinajstić information content (AvgIpc) is 3.77. The van der Waals surface area contributed by atoms with Crippen LogP contribution in [0.4, 0.5) is 16.2 Å². The number of rotatable bonds is 5. The van der Waals surface area contributed by atoms with Gasteiger partial charge in [-0.15, -0.1) is 6.20 Å². The Morgan fingerprint density at radius 3 is 2.31 bits per heavy atom. The van der Waals surface area contributed by atoms with Gasteiger partial charge in [0.1, 0.15) is 11.2 Å². The van der Waals surface area contributed by atoms with Gasteiger partial charge in [0.2, 0.25) is 0 Å². The molecule has 217 valence electrons. The van der Waals surface area contributed by atoms with Crippen LogP contribution in [-0.4, -0.2) is 25.7 Å². The summed E-state index contributed by atoms with van der Waals surface area (Å²) >= 11 is 0. The number of urea groups is 1. The largest absolute Gasteiger partial charge is 0.507 e. The summed E-state index contributed by atoms with van der Waals surface area (Å²) in [5.41, 5.74) is 5.98. The zero-order valence-corrected chi connectivity index (χ0v) is 28.4. The van der Waals surface area contributed by atoms with Gasteiger partial charge in [-0.25, -0.2) is 14.4 Å². The number of para-hydroxylation sites is 1. The number of amides is 2. The van der Waals surface area contributed by atoms with Crippen LogP contribution in [0.2, 0.25) is 0 Å². The van der Waals surface area contributed by atoms with E-state index in [0.29, 0.717) is 34.6 Å². The molecule has 0 unspecified atom stereocenters. The standard InChI is InChI=1S/C27H23N6O2.C3H6.C2H6.CH3.Pr/c1-18-6-4-8-20(14-18)30-27(35)31-21-9-5-7-19(15-21)17-28-26-16-23(22-10-2-3-11-24(22)34)32-25-12-13-29-33(25)26;1-2-3-1;1-2;;/h2-11,13-16,32,34H,17H2,1H3,(H2,30,31,35);1-3H2;1-2H3;1H3;/q-1;;;-1;. The van der Waals surface area contributed by atoms with Crippen molar-refractivity contribution in [2.45, 2.75) is 46.6 Å². The molecule has 4 N–H and O–H groups in total.